The first-order valence-electron chi connectivity index (χ1n) is 7.99. The first-order valence-corrected chi connectivity index (χ1v) is 7.99. The van der Waals surface area contributed by atoms with Crippen LogP contribution < -0.4 is 10.3 Å². The predicted molar refractivity (Wildman–Crippen MR) is 98.0 cm³/mol. The SMILES string of the molecule is COc1ccc(-c2c(C)nc3cc(-c4ccccc4)[nH]n3c2=O)cc1. The Morgan fingerprint density at radius 1 is 1.00 bits per heavy atom. The fraction of sp³-hybridized carbons (Fsp3) is 0.100. The molecule has 0 saturated carbocycles. The van der Waals surface area contributed by atoms with E-state index in [0.29, 0.717) is 16.9 Å². The highest BCUT2D eigenvalue weighted by molar-refractivity contribution is 5.69. The molecule has 0 bridgehead atoms. The summed E-state index contributed by atoms with van der Waals surface area (Å²) in [6, 6.07) is 19.2. The number of ether oxygens (including phenoxy) is 1. The molecule has 0 unspecified atom stereocenters. The lowest BCUT2D eigenvalue weighted by Crippen LogP contribution is -2.19. The predicted octanol–water partition coefficient (Wildman–Crippen LogP) is 3.67. The van der Waals surface area contributed by atoms with E-state index >= 15 is 0 Å². The van der Waals surface area contributed by atoms with Crippen LogP contribution in [0, 0.1) is 6.92 Å². The molecule has 0 amide bonds. The van der Waals surface area contributed by atoms with Crippen LogP contribution in [-0.4, -0.2) is 21.7 Å². The van der Waals surface area contributed by atoms with Gasteiger partial charge in [-0.2, -0.15) is 0 Å². The number of methoxy groups -OCH3 is 1. The summed E-state index contributed by atoms with van der Waals surface area (Å²) in [4.78, 5) is 17.6. The Morgan fingerprint density at radius 3 is 2.40 bits per heavy atom. The largest absolute Gasteiger partial charge is 0.497 e. The minimum Gasteiger partial charge on any atom is -0.497 e. The van der Waals surface area contributed by atoms with Crippen molar-refractivity contribution in [2.24, 2.45) is 0 Å². The van der Waals surface area contributed by atoms with E-state index < -0.39 is 0 Å². The normalized spacial score (nSPS) is 11.0. The van der Waals surface area contributed by atoms with Gasteiger partial charge < -0.3 is 4.74 Å². The first-order chi connectivity index (χ1) is 12.2. The van der Waals surface area contributed by atoms with Gasteiger partial charge in [0.1, 0.15) is 5.75 Å². The Morgan fingerprint density at radius 2 is 1.72 bits per heavy atom. The van der Waals surface area contributed by atoms with Gasteiger partial charge in [-0.25, -0.2) is 9.50 Å². The van der Waals surface area contributed by atoms with Gasteiger partial charge in [-0.1, -0.05) is 42.5 Å². The molecule has 5 heteroatoms. The molecule has 2 aromatic carbocycles. The number of H-pyrrole nitrogens is 1. The number of aryl methyl sites for hydroxylation is 1. The van der Waals surface area contributed by atoms with Gasteiger partial charge in [-0.3, -0.25) is 9.89 Å². The lowest BCUT2D eigenvalue weighted by Gasteiger charge is -2.06. The molecular weight excluding hydrogens is 314 g/mol. The topological polar surface area (TPSA) is 59.4 Å². The van der Waals surface area contributed by atoms with Gasteiger partial charge in [-0.15, -0.1) is 0 Å². The summed E-state index contributed by atoms with van der Waals surface area (Å²) >= 11 is 0. The van der Waals surface area contributed by atoms with Crippen molar-refractivity contribution in [1.29, 1.82) is 0 Å². The number of rotatable bonds is 3. The molecule has 4 rings (SSSR count). The van der Waals surface area contributed by atoms with Gasteiger partial charge in [0, 0.05) is 6.07 Å². The number of hydrogen-bond donors (Lipinski definition) is 1. The van der Waals surface area contributed by atoms with Crippen molar-refractivity contribution in [2.75, 3.05) is 7.11 Å². The monoisotopic (exact) mass is 331 g/mol. The van der Waals surface area contributed by atoms with Crippen molar-refractivity contribution in [3.8, 4) is 28.1 Å². The summed E-state index contributed by atoms with van der Waals surface area (Å²) in [6.45, 7) is 1.86. The van der Waals surface area contributed by atoms with Crippen molar-refractivity contribution in [3.63, 3.8) is 0 Å². The number of nitrogens with zero attached hydrogens (tertiary/aromatic N) is 2. The van der Waals surface area contributed by atoms with Crippen LogP contribution in [0.15, 0.2) is 65.5 Å². The second-order valence-corrected chi connectivity index (χ2v) is 5.84. The van der Waals surface area contributed by atoms with Crippen LogP contribution >= 0.6 is 0 Å². The summed E-state index contributed by atoms with van der Waals surface area (Å²) in [5, 5.41) is 3.16. The maximum Gasteiger partial charge on any atom is 0.280 e. The molecule has 0 aliphatic rings. The van der Waals surface area contributed by atoms with Gasteiger partial charge in [0.25, 0.3) is 5.56 Å². The lowest BCUT2D eigenvalue weighted by atomic mass is 10.1. The molecular formula is C20H17N3O2. The summed E-state index contributed by atoms with van der Waals surface area (Å²) in [5.74, 6) is 0.752. The molecule has 0 radical (unpaired) electrons. The molecule has 25 heavy (non-hydrogen) atoms. The zero-order chi connectivity index (χ0) is 17.4. The van der Waals surface area contributed by atoms with Gasteiger partial charge in [-0.05, 0) is 30.2 Å². The molecule has 124 valence electrons. The summed E-state index contributed by atoms with van der Waals surface area (Å²) in [5.41, 5.74) is 4.47. The average molecular weight is 331 g/mol. The molecule has 0 aliphatic carbocycles. The number of nitrogens with one attached hydrogen (secondary N) is 1. The second kappa shape index (κ2) is 5.94. The third-order valence-corrected chi connectivity index (χ3v) is 4.26. The Labute approximate surface area is 144 Å². The Bertz CT molecular complexity index is 1090. The van der Waals surface area contributed by atoms with Crippen molar-refractivity contribution in [1.82, 2.24) is 14.6 Å². The minimum atomic E-state index is -0.116. The average Bonchev–Trinajstić information content (AvgIpc) is 3.07. The van der Waals surface area contributed by atoms with Gasteiger partial charge in [0.2, 0.25) is 0 Å². The zero-order valence-electron chi connectivity index (χ0n) is 14.0. The minimum absolute atomic E-state index is 0.116. The third kappa shape index (κ3) is 2.59. The number of fused-ring (bicyclic) bond motifs is 1. The van der Waals surface area contributed by atoms with Crippen LogP contribution in [0.25, 0.3) is 28.0 Å². The van der Waals surface area contributed by atoms with E-state index in [9.17, 15) is 4.79 Å². The second-order valence-electron chi connectivity index (χ2n) is 5.84. The van der Waals surface area contributed by atoms with Crippen LogP contribution in [0.3, 0.4) is 0 Å². The summed E-state index contributed by atoms with van der Waals surface area (Å²) in [6.07, 6.45) is 0. The standard InChI is InChI=1S/C20H17N3O2/c1-13-19(15-8-10-16(25-2)11-9-15)20(24)23-18(21-13)12-17(22-23)14-6-4-3-5-7-14/h3-12,22H,1-2H3. The first kappa shape index (κ1) is 15.2. The van der Waals surface area contributed by atoms with E-state index in [4.69, 9.17) is 4.74 Å². The number of benzene rings is 2. The molecule has 0 aliphatic heterocycles. The molecule has 0 saturated heterocycles. The van der Waals surface area contributed by atoms with Crippen molar-refractivity contribution in [2.45, 2.75) is 6.92 Å². The lowest BCUT2D eigenvalue weighted by molar-refractivity contribution is 0.415. The van der Waals surface area contributed by atoms with Gasteiger partial charge >= 0.3 is 0 Å². The molecule has 1 N–H and O–H groups in total. The number of hydrogen-bond acceptors (Lipinski definition) is 3. The van der Waals surface area contributed by atoms with Crippen LogP contribution in [-0.2, 0) is 0 Å². The quantitative estimate of drug-likeness (QED) is 0.623. The summed E-state index contributed by atoms with van der Waals surface area (Å²) in [7, 11) is 1.62. The Hall–Kier alpha value is -3.34. The zero-order valence-corrected chi connectivity index (χ0v) is 14.0. The van der Waals surface area contributed by atoms with E-state index in [0.717, 1.165) is 22.6 Å². The van der Waals surface area contributed by atoms with E-state index in [-0.39, 0.29) is 5.56 Å². The van der Waals surface area contributed by atoms with E-state index in [2.05, 4.69) is 10.1 Å². The van der Waals surface area contributed by atoms with Crippen molar-refractivity contribution in [3.05, 3.63) is 76.7 Å². The van der Waals surface area contributed by atoms with Crippen molar-refractivity contribution >= 4 is 5.65 Å². The molecule has 0 spiro atoms. The van der Waals surface area contributed by atoms with E-state index in [1.165, 1.54) is 4.52 Å². The summed E-state index contributed by atoms with van der Waals surface area (Å²) < 4.78 is 6.68. The van der Waals surface area contributed by atoms with Gasteiger partial charge in [0.05, 0.1) is 24.1 Å². The highest BCUT2D eigenvalue weighted by atomic mass is 16.5. The maximum atomic E-state index is 13.0. The highest BCUT2D eigenvalue weighted by Gasteiger charge is 2.14. The Kier molecular flexibility index (Phi) is 3.61. The van der Waals surface area contributed by atoms with Crippen LogP contribution in [0.1, 0.15) is 5.69 Å². The third-order valence-electron chi connectivity index (χ3n) is 4.26. The van der Waals surface area contributed by atoms with Crippen LogP contribution in [0.4, 0.5) is 0 Å². The van der Waals surface area contributed by atoms with E-state index in [1.807, 2.05) is 67.6 Å². The molecule has 2 heterocycles. The fourth-order valence-corrected chi connectivity index (χ4v) is 2.99. The van der Waals surface area contributed by atoms with E-state index in [1.54, 1.807) is 7.11 Å². The molecule has 5 nitrogen and oxygen atoms in total. The molecule has 4 aromatic rings. The number of aromatic amines is 1. The highest BCUT2D eigenvalue weighted by Crippen LogP contribution is 2.23. The van der Waals surface area contributed by atoms with Crippen LogP contribution in [0.5, 0.6) is 5.75 Å². The Balaban J connectivity index is 1.90. The number of aromatic nitrogens is 3. The maximum absolute atomic E-state index is 13.0. The van der Waals surface area contributed by atoms with Gasteiger partial charge in [0.15, 0.2) is 5.65 Å². The molecule has 0 fully saturated rings. The van der Waals surface area contributed by atoms with Crippen molar-refractivity contribution < 1.29 is 4.74 Å². The molecule has 0 atom stereocenters. The smallest absolute Gasteiger partial charge is 0.280 e. The van der Waals surface area contributed by atoms with Crippen LogP contribution in [0.2, 0.25) is 0 Å². The molecule has 2 aromatic heterocycles. The fourth-order valence-electron chi connectivity index (χ4n) is 2.99.